The largest absolute Gasteiger partial charge is 0.467 e. The Hall–Kier alpha value is -1.62. The van der Waals surface area contributed by atoms with Gasteiger partial charge in [-0.05, 0) is 18.2 Å². The molecule has 0 bridgehead atoms. The minimum absolute atomic E-state index is 0.291. The van der Waals surface area contributed by atoms with E-state index in [0.29, 0.717) is 12.2 Å². The summed E-state index contributed by atoms with van der Waals surface area (Å²) in [5.74, 6) is -1.73. The van der Waals surface area contributed by atoms with Crippen molar-refractivity contribution < 1.29 is 34.1 Å². The molecule has 0 aromatic carbocycles. The smallest absolute Gasteiger partial charge is 0.330 e. The molecule has 0 radical (unpaired) electrons. The number of hydrogen-bond donors (Lipinski definition) is 5. The maximum absolute atomic E-state index is 11.9. The van der Waals surface area contributed by atoms with E-state index in [1.54, 1.807) is 6.08 Å². The van der Waals surface area contributed by atoms with Gasteiger partial charge in [0, 0.05) is 0 Å². The molecule has 0 saturated carbocycles. The van der Waals surface area contributed by atoms with E-state index in [-0.39, 0.29) is 6.42 Å². The van der Waals surface area contributed by atoms with Crippen molar-refractivity contribution in [1.29, 1.82) is 0 Å². The third-order valence-electron chi connectivity index (χ3n) is 2.80. The lowest BCUT2D eigenvalue weighted by Crippen LogP contribution is -2.45. The number of esters is 2. The summed E-state index contributed by atoms with van der Waals surface area (Å²) >= 11 is 4.03. The van der Waals surface area contributed by atoms with E-state index in [0.717, 1.165) is 7.11 Å². The van der Waals surface area contributed by atoms with Crippen molar-refractivity contribution in [3.8, 4) is 0 Å². The maximum Gasteiger partial charge on any atom is 0.330 e. The normalized spacial score (nSPS) is 14.7. The molecule has 9 nitrogen and oxygen atoms in total. The number of hydrogen-bond acceptors (Lipinski definition) is 9. The number of carbonyl (C=O) groups is 3. The molecule has 0 saturated heterocycles. The van der Waals surface area contributed by atoms with Gasteiger partial charge in [-0.1, -0.05) is 6.08 Å². The molecule has 0 aromatic rings. The summed E-state index contributed by atoms with van der Waals surface area (Å²) in [6, 6.07) is -2.42. The molecule has 2 unspecified atom stereocenters. The van der Waals surface area contributed by atoms with E-state index in [2.05, 4.69) is 22.7 Å². The third kappa shape index (κ3) is 8.87. The number of rotatable bonds is 11. The number of methoxy groups -OCH3 is 1. The van der Waals surface area contributed by atoms with Crippen molar-refractivity contribution in [2.45, 2.75) is 31.0 Å². The molecule has 3 atom stereocenters. The molecule has 0 fully saturated rings. The van der Waals surface area contributed by atoms with E-state index >= 15 is 0 Å². The number of allylic oxidation sites excluding steroid dienone is 1. The van der Waals surface area contributed by atoms with Crippen LogP contribution in [0.15, 0.2) is 12.2 Å². The van der Waals surface area contributed by atoms with Crippen LogP contribution in [0.5, 0.6) is 0 Å². The number of aliphatic hydroxyl groups is 2. The first kappa shape index (κ1) is 22.4. The fourth-order valence-corrected chi connectivity index (χ4v) is 1.69. The highest BCUT2D eigenvalue weighted by molar-refractivity contribution is 7.80. The van der Waals surface area contributed by atoms with Crippen molar-refractivity contribution in [3.05, 3.63) is 12.2 Å². The Morgan fingerprint density at radius 1 is 1.25 bits per heavy atom. The number of aliphatic hydroxyl groups excluding tert-OH is 2. The molecule has 0 aliphatic rings. The van der Waals surface area contributed by atoms with Crippen LogP contribution in [0.1, 0.15) is 12.8 Å². The molecular weight excluding hydrogens is 340 g/mol. The minimum Gasteiger partial charge on any atom is -0.467 e. The Kier molecular flexibility index (Phi) is 11.9. The first-order valence-corrected chi connectivity index (χ1v) is 7.85. The van der Waals surface area contributed by atoms with Crippen LogP contribution >= 0.6 is 12.6 Å². The summed E-state index contributed by atoms with van der Waals surface area (Å²) in [4.78, 5) is 34.9. The maximum atomic E-state index is 11.9. The van der Waals surface area contributed by atoms with Gasteiger partial charge < -0.3 is 30.7 Å². The Balaban J connectivity index is 4.81. The van der Waals surface area contributed by atoms with Crippen LogP contribution in [0, 0.1) is 0 Å². The number of amides is 1. The summed E-state index contributed by atoms with van der Waals surface area (Å²) in [6.07, 6.45) is 2.52. The lowest BCUT2D eigenvalue weighted by Gasteiger charge is -2.18. The molecule has 0 aliphatic carbocycles. The first-order chi connectivity index (χ1) is 11.4. The summed E-state index contributed by atoms with van der Waals surface area (Å²) < 4.78 is 9.48. The van der Waals surface area contributed by atoms with Crippen molar-refractivity contribution in [2.75, 3.05) is 26.1 Å². The monoisotopic (exact) mass is 364 g/mol. The van der Waals surface area contributed by atoms with E-state index in [4.69, 9.17) is 20.7 Å². The van der Waals surface area contributed by atoms with Gasteiger partial charge >= 0.3 is 11.9 Å². The van der Waals surface area contributed by atoms with Gasteiger partial charge in [0.2, 0.25) is 5.91 Å². The first-order valence-electron chi connectivity index (χ1n) is 7.22. The SMILES string of the molecule is COC(=O)[C@@H](CO)NC(=O)CC(/C=C/CCS)OC(=O)C(N)CO. The van der Waals surface area contributed by atoms with Gasteiger partial charge in [-0.2, -0.15) is 12.6 Å². The van der Waals surface area contributed by atoms with Crippen molar-refractivity contribution >= 4 is 30.5 Å². The Labute approximate surface area is 145 Å². The molecular formula is C14H24N2O7S. The molecule has 0 aromatic heterocycles. The van der Waals surface area contributed by atoms with Crippen LogP contribution in [0.4, 0.5) is 0 Å². The van der Waals surface area contributed by atoms with Gasteiger partial charge in [-0.15, -0.1) is 0 Å². The van der Waals surface area contributed by atoms with Crippen LogP contribution in [-0.4, -0.2) is 72.3 Å². The number of nitrogens with one attached hydrogen (secondary N) is 1. The highest BCUT2D eigenvalue weighted by Crippen LogP contribution is 2.05. The zero-order valence-electron chi connectivity index (χ0n) is 13.4. The molecule has 0 spiro atoms. The molecule has 138 valence electrons. The molecule has 5 N–H and O–H groups in total. The van der Waals surface area contributed by atoms with E-state index < -0.39 is 49.2 Å². The second kappa shape index (κ2) is 12.8. The zero-order chi connectivity index (χ0) is 18.5. The number of carbonyl (C=O) groups excluding carboxylic acids is 3. The fraction of sp³-hybridized carbons (Fsp3) is 0.643. The van der Waals surface area contributed by atoms with Gasteiger partial charge in [0.1, 0.15) is 12.1 Å². The van der Waals surface area contributed by atoms with Crippen LogP contribution < -0.4 is 11.1 Å². The van der Waals surface area contributed by atoms with Crippen molar-refractivity contribution in [3.63, 3.8) is 0 Å². The average Bonchev–Trinajstić information content (AvgIpc) is 2.58. The van der Waals surface area contributed by atoms with Crippen LogP contribution in [-0.2, 0) is 23.9 Å². The highest BCUT2D eigenvalue weighted by atomic mass is 32.1. The molecule has 10 heteroatoms. The topological polar surface area (TPSA) is 148 Å². The quantitative estimate of drug-likeness (QED) is 0.163. The van der Waals surface area contributed by atoms with Crippen molar-refractivity contribution in [1.82, 2.24) is 5.32 Å². The standard InChI is InChI=1S/C14H24N2O7S/c1-22-14(21)11(8-18)16-12(19)6-9(4-2-3-5-24)23-13(20)10(15)7-17/h2,4,9-11,17-18,24H,3,5-8,15H2,1H3,(H,16,19)/b4-2+/t9?,10?,11-/m1/s1. The average molecular weight is 364 g/mol. The molecule has 24 heavy (non-hydrogen) atoms. The fourth-order valence-electron chi connectivity index (χ4n) is 1.54. The lowest BCUT2D eigenvalue weighted by atomic mass is 10.2. The second-order valence-corrected chi connectivity index (χ2v) is 5.18. The number of ether oxygens (including phenoxy) is 2. The predicted molar refractivity (Wildman–Crippen MR) is 88.2 cm³/mol. The zero-order valence-corrected chi connectivity index (χ0v) is 14.3. The predicted octanol–water partition coefficient (Wildman–Crippen LogP) is -1.87. The van der Waals surface area contributed by atoms with E-state index in [1.165, 1.54) is 6.08 Å². The van der Waals surface area contributed by atoms with Crippen LogP contribution in [0.2, 0.25) is 0 Å². The van der Waals surface area contributed by atoms with Gasteiger partial charge in [0.15, 0.2) is 6.04 Å². The second-order valence-electron chi connectivity index (χ2n) is 4.73. The van der Waals surface area contributed by atoms with Gasteiger partial charge in [-0.25, -0.2) is 4.79 Å². The summed E-state index contributed by atoms with van der Waals surface area (Å²) in [7, 11) is 1.12. The van der Waals surface area contributed by atoms with E-state index in [9.17, 15) is 14.4 Å². The summed E-state index contributed by atoms with van der Waals surface area (Å²) in [5.41, 5.74) is 5.35. The third-order valence-corrected chi connectivity index (χ3v) is 3.06. The molecule has 0 rings (SSSR count). The van der Waals surface area contributed by atoms with E-state index in [1.807, 2.05) is 0 Å². The highest BCUT2D eigenvalue weighted by Gasteiger charge is 2.24. The molecule has 0 heterocycles. The number of nitrogens with two attached hydrogens (primary N) is 1. The summed E-state index contributed by atoms with van der Waals surface area (Å²) in [6.45, 7) is -1.22. The van der Waals surface area contributed by atoms with Gasteiger partial charge in [-0.3, -0.25) is 9.59 Å². The Morgan fingerprint density at radius 2 is 1.92 bits per heavy atom. The van der Waals surface area contributed by atoms with Crippen LogP contribution in [0.25, 0.3) is 0 Å². The van der Waals surface area contributed by atoms with Gasteiger partial charge in [0.25, 0.3) is 0 Å². The summed E-state index contributed by atoms with van der Waals surface area (Å²) in [5, 5.41) is 20.2. The Morgan fingerprint density at radius 3 is 2.42 bits per heavy atom. The number of thiol groups is 1. The molecule has 1 amide bonds. The molecule has 0 aliphatic heterocycles. The van der Waals surface area contributed by atoms with Gasteiger partial charge in [0.05, 0.1) is 26.7 Å². The van der Waals surface area contributed by atoms with Crippen molar-refractivity contribution in [2.24, 2.45) is 5.73 Å². The Bertz CT molecular complexity index is 445. The van der Waals surface area contributed by atoms with Crippen LogP contribution in [0.3, 0.4) is 0 Å². The lowest BCUT2D eigenvalue weighted by molar-refractivity contribution is -0.151. The minimum atomic E-state index is -1.21.